The molecule has 0 unspecified atom stereocenters. The fourth-order valence-corrected chi connectivity index (χ4v) is 2.86. The molecule has 0 amide bonds. The highest BCUT2D eigenvalue weighted by Gasteiger charge is 2.18. The maximum Gasteiger partial charge on any atom is 0.319 e. The Morgan fingerprint density at radius 3 is 2.31 bits per heavy atom. The number of carbonyl (C=O) groups is 1. The van der Waals surface area contributed by atoms with Crippen molar-refractivity contribution in [2.45, 2.75) is 16.7 Å². The molecule has 0 saturated heterocycles. The molecule has 0 aliphatic heterocycles. The van der Waals surface area contributed by atoms with Gasteiger partial charge in [-0.25, -0.2) is 8.42 Å². The summed E-state index contributed by atoms with van der Waals surface area (Å²) >= 11 is 1.60. The van der Waals surface area contributed by atoms with Crippen molar-refractivity contribution < 1.29 is 18.3 Å². The molecule has 4 nitrogen and oxygen atoms in total. The first-order valence-corrected chi connectivity index (χ1v) is 7.27. The number of hydrogen-bond acceptors (Lipinski definition) is 4. The quantitative estimate of drug-likeness (QED) is 0.815. The van der Waals surface area contributed by atoms with E-state index < -0.39 is 21.6 Å². The van der Waals surface area contributed by atoms with Crippen molar-refractivity contribution in [3.63, 3.8) is 0 Å². The molecule has 1 aromatic carbocycles. The minimum atomic E-state index is -3.70. The highest BCUT2D eigenvalue weighted by Crippen LogP contribution is 2.20. The van der Waals surface area contributed by atoms with Crippen LogP contribution in [0, 0.1) is 0 Å². The van der Waals surface area contributed by atoms with Crippen LogP contribution < -0.4 is 0 Å². The van der Waals surface area contributed by atoms with Crippen LogP contribution in [0.4, 0.5) is 0 Å². The van der Waals surface area contributed by atoms with E-state index in [2.05, 4.69) is 0 Å². The molecular weight excluding hydrogens is 248 g/mol. The molecule has 0 aliphatic rings. The largest absolute Gasteiger partial charge is 0.480 e. The van der Waals surface area contributed by atoms with Crippen molar-refractivity contribution >= 4 is 27.6 Å². The summed E-state index contributed by atoms with van der Waals surface area (Å²) in [6.45, 7) is 2.00. The monoisotopic (exact) mass is 260 g/mol. The maximum absolute atomic E-state index is 11.5. The summed E-state index contributed by atoms with van der Waals surface area (Å²) in [5.41, 5.74) is 0. The summed E-state index contributed by atoms with van der Waals surface area (Å²) in [6, 6.07) is 6.25. The van der Waals surface area contributed by atoms with E-state index in [4.69, 9.17) is 5.11 Å². The Kier molecular flexibility index (Phi) is 4.37. The van der Waals surface area contributed by atoms with Gasteiger partial charge in [0.15, 0.2) is 15.6 Å². The van der Waals surface area contributed by atoms with Crippen molar-refractivity contribution in [2.75, 3.05) is 11.5 Å². The van der Waals surface area contributed by atoms with Crippen molar-refractivity contribution in [1.29, 1.82) is 0 Å². The average molecular weight is 260 g/mol. The number of thioether (sulfide) groups is 1. The van der Waals surface area contributed by atoms with Gasteiger partial charge in [0, 0.05) is 4.90 Å². The highest BCUT2D eigenvalue weighted by atomic mass is 32.2. The zero-order valence-electron chi connectivity index (χ0n) is 8.71. The molecule has 0 heterocycles. The summed E-state index contributed by atoms with van der Waals surface area (Å²) in [6.07, 6.45) is 0. The lowest BCUT2D eigenvalue weighted by Crippen LogP contribution is -2.15. The lowest BCUT2D eigenvalue weighted by atomic mass is 10.4. The van der Waals surface area contributed by atoms with Crippen LogP contribution in [0.15, 0.2) is 34.1 Å². The highest BCUT2D eigenvalue weighted by molar-refractivity contribution is 7.99. The van der Waals surface area contributed by atoms with E-state index in [9.17, 15) is 13.2 Å². The van der Waals surface area contributed by atoms with Gasteiger partial charge in [0.1, 0.15) is 0 Å². The summed E-state index contributed by atoms with van der Waals surface area (Å²) in [5.74, 6) is -1.30. The molecule has 0 atom stereocenters. The molecule has 1 aromatic rings. The number of carboxylic acid groups (broad SMARTS) is 1. The zero-order valence-corrected chi connectivity index (χ0v) is 10.3. The minimum Gasteiger partial charge on any atom is -0.480 e. The molecule has 0 aromatic heterocycles. The maximum atomic E-state index is 11.5. The zero-order chi connectivity index (χ0) is 12.2. The number of aliphatic carboxylic acids is 1. The average Bonchev–Trinajstić information content (AvgIpc) is 2.17. The molecule has 0 saturated carbocycles. The van der Waals surface area contributed by atoms with Gasteiger partial charge in [-0.05, 0) is 30.0 Å². The Morgan fingerprint density at radius 1 is 1.31 bits per heavy atom. The topological polar surface area (TPSA) is 71.4 Å². The van der Waals surface area contributed by atoms with Crippen molar-refractivity contribution in [3.05, 3.63) is 24.3 Å². The van der Waals surface area contributed by atoms with E-state index in [1.54, 1.807) is 23.9 Å². The van der Waals surface area contributed by atoms with Gasteiger partial charge >= 0.3 is 5.97 Å². The van der Waals surface area contributed by atoms with Crippen LogP contribution >= 0.6 is 11.8 Å². The van der Waals surface area contributed by atoms with E-state index in [1.807, 2.05) is 6.92 Å². The first kappa shape index (κ1) is 13.1. The van der Waals surface area contributed by atoms with Crippen LogP contribution in [0.25, 0.3) is 0 Å². The van der Waals surface area contributed by atoms with Crippen LogP contribution in [-0.4, -0.2) is 31.0 Å². The van der Waals surface area contributed by atoms with Gasteiger partial charge in [-0.15, -0.1) is 11.8 Å². The fraction of sp³-hybridized carbons (Fsp3) is 0.300. The molecule has 16 heavy (non-hydrogen) atoms. The standard InChI is InChI=1S/C10H12O4S2/c1-2-15-8-3-5-9(6-4-8)16(13,14)7-10(11)12/h3-6H,2,7H2,1H3,(H,11,12). The van der Waals surface area contributed by atoms with Gasteiger partial charge in [-0.3, -0.25) is 4.79 Å². The van der Waals surface area contributed by atoms with Gasteiger partial charge in [-0.2, -0.15) is 0 Å². The van der Waals surface area contributed by atoms with Crippen LogP contribution in [0.3, 0.4) is 0 Å². The van der Waals surface area contributed by atoms with Gasteiger partial charge in [0.2, 0.25) is 0 Å². The minimum absolute atomic E-state index is 0.0513. The second-order valence-corrected chi connectivity index (χ2v) is 6.38. The fourth-order valence-electron chi connectivity index (χ4n) is 1.16. The van der Waals surface area contributed by atoms with Gasteiger partial charge in [0.05, 0.1) is 4.90 Å². The molecule has 0 radical (unpaired) electrons. The molecule has 0 fully saturated rings. The second kappa shape index (κ2) is 5.36. The Morgan fingerprint density at radius 2 is 1.88 bits per heavy atom. The molecule has 0 bridgehead atoms. The van der Waals surface area contributed by atoms with Crippen molar-refractivity contribution in [1.82, 2.24) is 0 Å². The van der Waals surface area contributed by atoms with E-state index in [0.717, 1.165) is 10.6 Å². The Hall–Kier alpha value is -1.01. The third-order valence-electron chi connectivity index (χ3n) is 1.81. The summed E-state index contributed by atoms with van der Waals surface area (Å²) in [5, 5.41) is 8.47. The predicted octanol–water partition coefficient (Wildman–Crippen LogP) is 1.66. The lowest BCUT2D eigenvalue weighted by molar-refractivity contribution is -0.134. The number of benzene rings is 1. The summed E-state index contributed by atoms with van der Waals surface area (Å²) < 4.78 is 23.0. The summed E-state index contributed by atoms with van der Waals surface area (Å²) in [7, 11) is -3.70. The molecule has 0 aliphatic carbocycles. The number of carboxylic acids is 1. The van der Waals surface area contributed by atoms with Crippen molar-refractivity contribution in [3.8, 4) is 0 Å². The number of rotatable bonds is 5. The first-order chi connectivity index (χ1) is 7.45. The van der Waals surface area contributed by atoms with Crippen LogP contribution in [0.1, 0.15) is 6.92 Å². The smallest absolute Gasteiger partial charge is 0.319 e. The van der Waals surface area contributed by atoms with Crippen LogP contribution in [-0.2, 0) is 14.6 Å². The first-order valence-electron chi connectivity index (χ1n) is 4.63. The molecular formula is C10H12O4S2. The number of hydrogen-bond donors (Lipinski definition) is 1. The van der Waals surface area contributed by atoms with Gasteiger partial charge in [-0.1, -0.05) is 6.92 Å². The van der Waals surface area contributed by atoms with Gasteiger partial charge in [0.25, 0.3) is 0 Å². The van der Waals surface area contributed by atoms with Crippen molar-refractivity contribution in [2.24, 2.45) is 0 Å². The lowest BCUT2D eigenvalue weighted by Gasteiger charge is -2.03. The molecule has 6 heteroatoms. The molecule has 1 rings (SSSR count). The Balaban J connectivity index is 2.93. The van der Waals surface area contributed by atoms with Crippen LogP contribution in [0.2, 0.25) is 0 Å². The third kappa shape index (κ3) is 3.53. The molecule has 0 spiro atoms. The third-order valence-corrected chi connectivity index (χ3v) is 4.32. The molecule has 88 valence electrons. The number of sulfone groups is 1. The predicted molar refractivity (Wildman–Crippen MR) is 62.5 cm³/mol. The van der Waals surface area contributed by atoms with E-state index >= 15 is 0 Å². The van der Waals surface area contributed by atoms with E-state index in [1.165, 1.54) is 12.1 Å². The van der Waals surface area contributed by atoms with Gasteiger partial charge < -0.3 is 5.11 Å². The van der Waals surface area contributed by atoms with Crippen LogP contribution in [0.5, 0.6) is 0 Å². The normalized spacial score (nSPS) is 11.3. The van der Waals surface area contributed by atoms with E-state index in [0.29, 0.717) is 0 Å². The summed E-state index contributed by atoms with van der Waals surface area (Å²) in [4.78, 5) is 11.4. The SMILES string of the molecule is CCSc1ccc(S(=O)(=O)CC(=O)O)cc1. The Labute approximate surface area is 98.6 Å². The second-order valence-electron chi connectivity index (χ2n) is 3.06. The van der Waals surface area contributed by atoms with E-state index in [-0.39, 0.29) is 4.90 Å². The molecule has 1 N–H and O–H groups in total. The Bertz CT molecular complexity index is 462.